The zero-order valence-corrected chi connectivity index (χ0v) is 8.31. The molecule has 0 saturated heterocycles. The topological polar surface area (TPSA) is 101 Å². The molecule has 5 heteroatoms. The highest BCUT2D eigenvalue weighted by Crippen LogP contribution is 2.09. The molecule has 0 aliphatic heterocycles. The Morgan fingerprint density at radius 2 is 2.13 bits per heavy atom. The van der Waals surface area contributed by atoms with E-state index in [1.165, 1.54) is 0 Å². The molecule has 0 spiro atoms. The van der Waals surface area contributed by atoms with Crippen LogP contribution in [0.15, 0.2) is 24.3 Å². The van der Waals surface area contributed by atoms with Crippen molar-refractivity contribution in [3.8, 4) is 0 Å². The van der Waals surface area contributed by atoms with E-state index < -0.39 is 12.0 Å². The SMILES string of the molecule is NC(=O)C(O)CNCc1ccccc1N. The van der Waals surface area contributed by atoms with E-state index in [9.17, 15) is 4.79 Å². The summed E-state index contributed by atoms with van der Waals surface area (Å²) in [7, 11) is 0. The second-order valence-corrected chi connectivity index (χ2v) is 3.25. The van der Waals surface area contributed by atoms with Crippen molar-refractivity contribution in [2.24, 2.45) is 5.73 Å². The van der Waals surface area contributed by atoms with Crippen LogP contribution in [0, 0.1) is 0 Å². The molecule has 0 bridgehead atoms. The average molecular weight is 209 g/mol. The molecule has 1 aromatic rings. The highest BCUT2D eigenvalue weighted by atomic mass is 16.3. The summed E-state index contributed by atoms with van der Waals surface area (Å²) in [6.07, 6.45) is -1.16. The Morgan fingerprint density at radius 3 is 2.73 bits per heavy atom. The first-order valence-corrected chi connectivity index (χ1v) is 4.62. The number of nitrogen functional groups attached to an aromatic ring is 1. The second kappa shape index (κ2) is 5.33. The van der Waals surface area contributed by atoms with Crippen LogP contribution in [0.4, 0.5) is 5.69 Å². The molecule has 0 fully saturated rings. The Bertz CT molecular complexity index is 341. The standard InChI is InChI=1S/C10H15N3O2/c11-8-4-2-1-3-7(8)5-13-6-9(14)10(12)15/h1-4,9,13-14H,5-6,11H2,(H2,12,15). The number of aliphatic hydroxyl groups excluding tert-OH is 1. The number of nitrogens with two attached hydrogens (primary N) is 2. The van der Waals surface area contributed by atoms with E-state index >= 15 is 0 Å². The minimum atomic E-state index is -1.16. The van der Waals surface area contributed by atoms with Crippen molar-refractivity contribution < 1.29 is 9.90 Å². The highest BCUT2D eigenvalue weighted by Gasteiger charge is 2.09. The molecule has 1 unspecified atom stereocenters. The third-order valence-electron chi connectivity index (χ3n) is 2.04. The van der Waals surface area contributed by atoms with E-state index in [1.807, 2.05) is 18.2 Å². The lowest BCUT2D eigenvalue weighted by Gasteiger charge is -2.09. The molecule has 0 heterocycles. The predicted octanol–water partition coefficient (Wildman–Crippen LogP) is -0.795. The molecule has 1 amide bonds. The number of carbonyl (C=O) groups excluding carboxylic acids is 1. The average Bonchev–Trinajstić information content (AvgIpc) is 2.20. The van der Waals surface area contributed by atoms with Crippen LogP contribution in [0.5, 0.6) is 0 Å². The number of nitrogens with one attached hydrogen (secondary N) is 1. The Kier molecular flexibility index (Phi) is 4.08. The zero-order chi connectivity index (χ0) is 11.3. The third kappa shape index (κ3) is 3.57. The fraction of sp³-hybridized carbons (Fsp3) is 0.300. The molecular weight excluding hydrogens is 194 g/mol. The van der Waals surface area contributed by atoms with Crippen molar-refractivity contribution in [1.82, 2.24) is 5.32 Å². The van der Waals surface area contributed by atoms with Crippen LogP contribution in [-0.2, 0) is 11.3 Å². The predicted molar refractivity (Wildman–Crippen MR) is 57.8 cm³/mol. The van der Waals surface area contributed by atoms with E-state index in [1.54, 1.807) is 6.07 Å². The van der Waals surface area contributed by atoms with Gasteiger partial charge < -0.3 is 21.9 Å². The van der Waals surface area contributed by atoms with Crippen LogP contribution >= 0.6 is 0 Å². The number of hydrogen-bond donors (Lipinski definition) is 4. The minimum absolute atomic E-state index is 0.129. The lowest BCUT2D eigenvalue weighted by atomic mass is 10.2. The van der Waals surface area contributed by atoms with E-state index in [4.69, 9.17) is 16.6 Å². The van der Waals surface area contributed by atoms with Crippen LogP contribution < -0.4 is 16.8 Å². The first kappa shape index (κ1) is 11.5. The lowest BCUT2D eigenvalue weighted by molar-refractivity contribution is -0.125. The fourth-order valence-corrected chi connectivity index (χ4v) is 1.14. The number of aliphatic hydroxyl groups is 1. The number of primary amides is 1. The van der Waals surface area contributed by atoms with Crippen molar-refractivity contribution in [3.05, 3.63) is 29.8 Å². The van der Waals surface area contributed by atoms with Crippen LogP contribution in [0.25, 0.3) is 0 Å². The number of anilines is 1. The summed E-state index contributed by atoms with van der Waals surface area (Å²) >= 11 is 0. The molecule has 0 aliphatic rings. The summed E-state index contributed by atoms with van der Waals surface area (Å²) in [5.74, 6) is -0.733. The first-order valence-electron chi connectivity index (χ1n) is 4.62. The van der Waals surface area contributed by atoms with Gasteiger partial charge in [0.25, 0.3) is 0 Å². The van der Waals surface area contributed by atoms with Crippen LogP contribution in [0.2, 0.25) is 0 Å². The van der Waals surface area contributed by atoms with Crippen molar-refractivity contribution in [2.75, 3.05) is 12.3 Å². The summed E-state index contributed by atoms with van der Waals surface area (Å²) in [6.45, 7) is 0.626. The number of carbonyl (C=O) groups is 1. The van der Waals surface area contributed by atoms with E-state index in [0.29, 0.717) is 12.2 Å². The van der Waals surface area contributed by atoms with Crippen molar-refractivity contribution in [3.63, 3.8) is 0 Å². The molecule has 0 aliphatic carbocycles. The van der Waals surface area contributed by atoms with Gasteiger partial charge in [0.2, 0.25) is 5.91 Å². The summed E-state index contributed by atoms with van der Waals surface area (Å²) in [6, 6.07) is 7.38. The number of benzene rings is 1. The van der Waals surface area contributed by atoms with Crippen molar-refractivity contribution in [2.45, 2.75) is 12.6 Å². The fourth-order valence-electron chi connectivity index (χ4n) is 1.14. The Morgan fingerprint density at radius 1 is 1.47 bits per heavy atom. The van der Waals surface area contributed by atoms with Gasteiger partial charge in [-0.25, -0.2) is 0 Å². The zero-order valence-electron chi connectivity index (χ0n) is 8.31. The van der Waals surface area contributed by atoms with Gasteiger partial charge in [-0.3, -0.25) is 4.79 Å². The van der Waals surface area contributed by atoms with Gasteiger partial charge >= 0.3 is 0 Å². The van der Waals surface area contributed by atoms with Crippen LogP contribution in [-0.4, -0.2) is 23.7 Å². The Hall–Kier alpha value is -1.59. The normalized spacial score (nSPS) is 12.3. The molecule has 6 N–H and O–H groups in total. The van der Waals surface area contributed by atoms with Gasteiger partial charge in [-0.2, -0.15) is 0 Å². The van der Waals surface area contributed by atoms with E-state index in [0.717, 1.165) is 5.56 Å². The molecule has 0 saturated carbocycles. The molecule has 1 rings (SSSR count). The van der Waals surface area contributed by atoms with Gasteiger partial charge in [-0.15, -0.1) is 0 Å². The minimum Gasteiger partial charge on any atom is -0.398 e. The monoisotopic (exact) mass is 209 g/mol. The smallest absolute Gasteiger partial charge is 0.247 e. The van der Waals surface area contributed by atoms with Gasteiger partial charge in [0, 0.05) is 18.8 Å². The van der Waals surface area contributed by atoms with Crippen LogP contribution in [0.1, 0.15) is 5.56 Å². The maximum Gasteiger partial charge on any atom is 0.247 e. The quantitative estimate of drug-likeness (QED) is 0.477. The molecule has 1 atom stereocenters. The molecule has 0 radical (unpaired) electrons. The number of hydrogen-bond acceptors (Lipinski definition) is 4. The van der Waals surface area contributed by atoms with Gasteiger partial charge in [0.05, 0.1) is 0 Å². The maximum absolute atomic E-state index is 10.5. The number of amides is 1. The van der Waals surface area contributed by atoms with Gasteiger partial charge in [-0.05, 0) is 11.6 Å². The summed E-state index contributed by atoms with van der Waals surface area (Å²) < 4.78 is 0. The summed E-state index contributed by atoms with van der Waals surface area (Å²) in [5, 5.41) is 12.0. The number of para-hydroxylation sites is 1. The van der Waals surface area contributed by atoms with Crippen LogP contribution in [0.3, 0.4) is 0 Å². The largest absolute Gasteiger partial charge is 0.398 e. The van der Waals surface area contributed by atoms with Crippen molar-refractivity contribution >= 4 is 11.6 Å². The molecule has 15 heavy (non-hydrogen) atoms. The third-order valence-corrected chi connectivity index (χ3v) is 2.04. The van der Waals surface area contributed by atoms with Gasteiger partial charge in [-0.1, -0.05) is 18.2 Å². The highest BCUT2D eigenvalue weighted by molar-refractivity contribution is 5.78. The number of rotatable bonds is 5. The van der Waals surface area contributed by atoms with E-state index in [-0.39, 0.29) is 6.54 Å². The van der Waals surface area contributed by atoms with E-state index in [2.05, 4.69) is 5.32 Å². The first-order chi connectivity index (χ1) is 7.11. The lowest BCUT2D eigenvalue weighted by Crippen LogP contribution is -2.37. The van der Waals surface area contributed by atoms with Gasteiger partial charge in [0.15, 0.2) is 0 Å². The summed E-state index contributed by atoms with van der Waals surface area (Å²) in [5.41, 5.74) is 12.2. The molecule has 5 nitrogen and oxygen atoms in total. The molecule has 1 aromatic carbocycles. The summed E-state index contributed by atoms with van der Waals surface area (Å²) in [4.78, 5) is 10.5. The Labute approximate surface area is 88.1 Å². The second-order valence-electron chi connectivity index (χ2n) is 3.25. The maximum atomic E-state index is 10.5. The molecular formula is C10H15N3O2. The van der Waals surface area contributed by atoms with Crippen molar-refractivity contribution in [1.29, 1.82) is 0 Å². The Balaban J connectivity index is 2.38. The molecule has 0 aromatic heterocycles. The molecule has 82 valence electrons. The van der Waals surface area contributed by atoms with Gasteiger partial charge in [0.1, 0.15) is 6.10 Å².